The molecule has 0 aliphatic heterocycles. The topological polar surface area (TPSA) is 57.5 Å². The monoisotopic (exact) mass is 368 g/mol. The molecular weight excluding hydrogens is 336 g/mol. The van der Waals surface area contributed by atoms with Crippen molar-refractivity contribution in [3.8, 4) is 5.75 Å². The normalized spacial score (nSPS) is 40.0. The van der Waals surface area contributed by atoms with Gasteiger partial charge in [0, 0.05) is 11.0 Å². The third kappa shape index (κ3) is 2.50. The third-order valence-electron chi connectivity index (χ3n) is 8.87. The van der Waals surface area contributed by atoms with Gasteiger partial charge in [0.05, 0.1) is 0 Å². The van der Waals surface area contributed by atoms with Crippen molar-refractivity contribution in [1.82, 2.24) is 0 Å². The molecule has 5 atom stereocenters. The average Bonchev–Trinajstić information content (AvgIpc) is 3.03. The van der Waals surface area contributed by atoms with Gasteiger partial charge in [0.1, 0.15) is 5.75 Å². The van der Waals surface area contributed by atoms with Gasteiger partial charge in [-0.2, -0.15) is 0 Å². The number of phenols is 1. The molecule has 1 spiro atoms. The first-order valence-electron chi connectivity index (χ1n) is 10.4. The molecule has 0 aromatic heterocycles. The van der Waals surface area contributed by atoms with Gasteiger partial charge in [0.15, 0.2) is 0 Å². The standard InChI is InChI=1S/C24H32O3/c1-15-5-10-19-22(2,3)20-14-24(15,19)12-11-23(20,4)18(21(26)27)13-16-6-8-17(25)9-7-16/h6-9,13,15,19-20,25H,5,10-12,14H2,1-4H3,(H,26,27)/b18-13-/t15-,19+,20-,23+,24+/m1/s1. The first-order chi connectivity index (χ1) is 12.6. The van der Waals surface area contributed by atoms with Crippen molar-refractivity contribution < 1.29 is 15.0 Å². The number of hydrogen-bond donors (Lipinski definition) is 2. The van der Waals surface area contributed by atoms with E-state index in [1.54, 1.807) is 24.3 Å². The summed E-state index contributed by atoms with van der Waals surface area (Å²) < 4.78 is 0. The molecule has 2 N–H and O–H groups in total. The maximum absolute atomic E-state index is 12.4. The molecule has 3 aliphatic carbocycles. The van der Waals surface area contributed by atoms with E-state index in [0.717, 1.165) is 30.2 Å². The van der Waals surface area contributed by atoms with Crippen LogP contribution in [0.1, 0.15) is 65.4 Å². The molecule has 4 rings (SSSR count). The van der Waals surface area contributed by atoms with Crippen LogP contribution in [-0.2, 0) is 4.79 Å². The van der Waals surface area contributed by atoms with Crippen LogP contribution < -0.4 is 0 Å². The quantitative estimate of drug-likeness (QED) is 0.669. The molecule has 3 nitrogen and oxygen atoms in total. The van der Waals surface area contributed by atoms with E-state index in [2.05, 4.69) is 27.7 Å². The van der Waals surface area contributed by atoms with Crippen LogP contribution >= 0.6 is 0 Å². The second-order valence-corrected chi connectivity index (χ2v) is 10.2. The fourth-order valence-corrected chi connectivity index (χ4v) is 7.44. The lowest BCUT2D eigenvalue weighted by Crippen LogP contribution is -2.42. The van der Waals surface area contributed by atoms with E-state index in [-0.39, 0.29) is 16.6 Å². The van der Waals surface area contributed by atoms with Crippen LogP contribution in [0.2, 0.25) is 0 Å². The molecule has 0 unspecified atom stereocenters. The van der Waals surface area contributed by atoms with Gasteiger partial charge in [-0.25, -0.2) is 4.79 Å². The number of phenolic OH excluding ortho intramolecular Hbond substituents is 1. The first kappa shape index (κ1) is 18.6. The van der Waals surface area contributed by atoms with Crippen LogP contribution in [0, 0.1) is 34.0 Å². The summed E-state index contributed by atoms with van der Waals surface area (Å²) in [5.41, 5.74) is 1.66. The number of aromatic hydroxyl groups is 1. The maximum Gasteiger partial charge on any atom is 0.332 e. The first-order valence-corrected chi connectivity index (χ1v) is 10.4. The Labute approximate surface area is 162 Å². The lowest BCUT2D eigenvalue weighted by molar-refractivity contribution is -0.135. The van der Waals surface area contributed by atoms with Gasteiger partial charge in [-0.1, -0.05) is 39.8 Å². The van der Waals surface area contributed by atoms with Crippen LogP contribution in [0.5, 0.6) is 5.75 Å². The van der Waals surface area contributed by atoms with Crippen LogP contribution in [0.15, 0.2) is 29.8 Å². The second kappa shape index (κ2) is 5.86. The van der Waals surface area contributed by atoms with Crippen molar-refractivity contribution in [2.24, 2.45) is 34.0 Å². The number of fused-ring (bicyclic) bond motifs is 1. The molecule has 146 valence electrons. The summed E-state index contributed by atoms with van der Waals surface area (Å²) in [6.45, 7) is 9.40. The Kier molecular flexibility index (Phi) is 4.04. The Morgan fingerprint density at radius 1 is 1.07 bits per heavy atom. The van der Waals surface area contributed by atoms with Gasteiger partial charge in [0.2, 0.25) is 0 Å². The second-order valence-electron chi connectivity index (χ2n) is 10.2. The molecule has 27 heavy (non-hydrogen) atoms. The summed E-state index contributed by atoms with van der Waals surface area (Å²) in [6.07, 6.45) is 7.74. The van der Waals surface area contributed by atoms with Gasteiger partial charge >= 0.3 is 5.97 Å². The summed E-state index contributed by atoms with van der Waals surface area (Å²) in [5, 5.41) is 19.7. The highest BCUT2D eigenvalue weighted by atomic mass is 16.4. The molecule has 1 aromatic carbocycles. The van der Waals surface area contributed by atoms with Crippen molar-refractivity contribution >= 4 is 12.0 Å². The van der Waals surface area contributed by atoms with E-state index < -0.39 is 5.97 Å². The van der Waals surface area contributed by atoms with E-state index in [1.165, 1.54) is 19.3 Å². The van der Waals surface area contributed by atoms with Crippen LogP contribution in [0.3, 0.4) is 0 Å². The van der Waals surface area contributed by atoms with E-state index in [1.807, 2.05) is 6.08 Å². The Bertz CT molecular complexity index is 790. The van der Waals surface area contributed by atoms with Crippen molar-refractivity contribution in [2.45, 2.75) is 59.8 Å². The lowest BCUT2D eigenvalue weighted by atomic mass is 9.56. The van der Waals surface area contributed by atoms with Crippen LogP contribution in [0.25, 0.3) is 6.08 Å². The summed E-state index contributed by atoms with van der Waals surface area (Å²) in [6, 6.07) is 6.83. The fourth-order valence-electron chi connectivity index (χ4n) is 7.44. The fraction of sp³-hybridized carbons (Fsp3) is 0.625. The minimum atomic E-state index is -0.803. The summed E-state index contributed by atoms with van der Waals surface area (Å²) in [7, 11) is 0. The van der Waals surface area contributed by atoms with Crippen molar-refractivity contribution in [1.29, 1.82) is 0 Å². The number of hydrogen-bond acceptors (Lipinski definition) is 2. The highest BCUT2D eigenvalue weighted by Crippen LogP contribution is 2.75. The highest BCUT2D eigenvalue weighted by molar-refractivity contribution is 5.94. The molecule has 3 heteroatoms. The minimum absolute atomic E-state index is 0.166. The molecule has 0 radical (unpaired) electrons. The molecular formula is C24H32O3. The average molecular weight is 369 g/mol. The predicted octanol–water partition coefficient (Wildman–Crippen LogP) is 5.74. The van der Waals surface area contributed by atoms with Gasteiger partial charge in [-0.15, -0.1) is 0 Å². The van der Waals surface area contributed by atoms with E-state index in [0.29, 0.717) is 16.9 Å². The molecule has 3 saturated carbocycles. The SMILES string of the molecule is C[C@@H]1CC[C@H]2C(C)(C)[C@H]3C[C@@]12CC[C@@]3(C)/C(=C\c1ccc(O)cc1)C(=O)O. The maximum atomic E-state index is 12.4. The number of benzene rings is 1. The Morgan fingerprint density at radius 3 is 2.37 bits per heavy atom. The number of aliphatic carboxylic acids is 1. The molecule has 0 saturated heterocycles. The summed E-state index contributed by atoms with van der Waals surface area (Å²) in [5.74, 6) is 1.27. The largest absolute Gasteiger partial charge is 0.508 e. The smallest absolute Gasteiger partial charge is 0.332 e. The Morgan fingerprint density at radius 2 is 1.74 bits per heavy atom. The van der Waals surface area contributed by atoms with Crippen LogP contribution in [-0.4, -0.2) is 16.2 Å². The zero-order chi connectivity index (χ0) is 19.6. The zero-order valence-electron chi connectivity index (χ0n) is 17.0. The summed E-state index contributed by atoms with van der Waals surface area (Å²) >= 11 is 0. The van der Waals surface area contributed by atoms with E-state index in [4.69, 9.17) is 0 Å². The number of rotatable bonds is 3. The number of carboxylic acid groups (broad SMARTS) is 1. The molecule has 1 aromatic rings. The molecule has 2 bridgehead atoms. The van der Waals surface area contributed by atoms with Gasteiger partial charge in [0.25, 0.3) is 0 Å². The van der Waals surface area contributed by atoms with Gasteiger partial charge in [-0.3, -0.25) is 0 Å². The Balaban J connectivity index is 1.78. The predicted molar refractivity (Wildman–Crippen MR) is 107 cm³/mol. The van der Waals surface area contributed by atoms with Crippen molar-refractivity contribution in [3.63, 3.8) is 0 Å². The summed E-state index contributed by atoms with van der Waals surface area (Å²) in [4.78, 5) is 12.4. The zero-order valence-corrected chi connectivity index (χ0v) is 17.0. The van der Waals surface area contributed by atoms with Crippen LogP contribution in [0.4, 0.5) is 0 Å². The Hall–Kier alpha value is -1.77. The van der Waals surface area contributed by atoms with Gasteiger partial charge in [-0.05, 0) is 84.5 Å². The highest BCUT2D eigenvalue weighted by Gasteiger charge is 2.68. The third-order valence-corrected chi connectivity index (χ3v) is 8.87. The van der Waals surface area contributed by atoms with Crippen molar-refractivity contribution in [3.05, 3.63) is 35.4 Å². The molecule has 0 heterocycles. The molecule has 3 aliphatic rings. The number of carbonyl (C=O) groups is 1. The van der Waals surface area contributed by atoms with Gasteiger partial charge < -0.3 is 10.2 Å². The molecule has 3 fully saturated rings. The minimum Gasteiger partial charge on any atom is -0.508 e. The van der Waals surface area contributed by atoms with Crippen molar-refractivity contribution in [2.75, 3.05) is 0 Å². The van der Waals surface area contributed by atoms with E-state index in [9.17, 15) is 15.0 Å². The molecule has 0 amide bonds. The number of carboxylic acids is 1. The van der Waals surface area contributed by atoms with E-state index >= 15 is 0 Å². The lowest BCUT2D eigenvalue weighted by Gasteiger charge is -2.48.